The number of unbranched alkanes of at least 4 members (excludes halogenated alkanes) is 1. The van der Waals surface area contributed by atoms with Crippen molar-refractivity contribution in [3.05, 3.63) is 89.7 Å². The van der Waals surface area contributed by atoms with Crippen LogP contribution in [0.1, 0.15) is 28.9 Å². The van der Waals surface area contributed by atoms with Crippen molar-refractivity contribution in [1.82, 2.24) is 9.88 Å². The fraction of sp³-hybridized carbons (Fsp3) is 0.174. The van der Waals surface area contributed by atoms with E-state index >= 15 is 0 Å². The van der Waals surface area contributed by atoms with Gasteiger partial charge < -0.3 is 4.74 Å². The highest BCUT2D eigenvalue weighted by atomic mass is 35.5. The van der Waals surface area contributed by atoms with Crippen LogP contribution in [0.5, 0.6) is 5.75 Å². The number of hydrogen-bond acceptors (Lipinski definition) is 3. The third-order valence-corrected chi connectivity index (χ3v) is 5.07. The Morgan fingerprint density at radius 1 is 1.21 bits per heavy atom. The molecule has 0 atom stereocenters. The van der Waals surface area contributed by atoms with E-state index in [2.05, 4.69) is 34.1 Å². The number of hydrogen-bond donors (Lipinski definition) is 0. The molecule has 2 aliphatic rings. The van der Waals surface area contributed by atoms with Gasteiger partial charge in [0.25, 0.3) is 5.91 Å². The van der Waals surface area contributed by atoms with E-state index in [4.69, 9.17) is 16.3 Å². The summed E-state index contributed by atoms with van der Waals surface area (Å²) >= 11 is 6.27. The molecule has 3 heterocycles. The summed E-state index contributed by atoms with van der Waals surface area (Å²) in [6, 6.07) is 13.1. The Bertz CT molecular complexity index is 1030. The van der Waals surface area contributed by atoms with Crippen LogP contribution < -0.4 is 4.74 Å². The first-order valence-electron chi connectivity index (χ1n) is 9.54. The highest BCUT2D eigenvalue weighted by molar-refractivity contribution is 6.30. The molecule has 4 rings (SSSR count). The predicted molar refractivity (Wildman–Crippen MR) is 114 cm³/mol. The number of nitrogens with zero attached hydrogens (tertiary/aromatic N) is 3. The molecule has 29 heavy (non-hydrogen) atoms. The van der Waals surface area contributed by atoms with Crippen LogP contribution in [0.3, 0.4) is 0 Å². The molecule has 1 aromatic carbocycles. The van der Waals surface area contributed by atoms with Gasteiger partial charge in [0.1, 0.15) is 23.4 Å². The van der Waals surface area contributed by atoms with Crippen LogP contribution in [0.4, 0.5) is 0 Å². The fourth-order valence-corrected chi connectivity index (χ4v) is 3.45. The molecule has 0 fully saturated rings. The van der Waals surface area contributed by atoms with Crippen LogP contribution in [0.15, 0.2) is 78.4 Å². The number of fused-ring (bicyclic) bond motifs is 1. The molecule has 0 unspecified atom stereocenters. The summed E-state index contributed by atoms with van der Waals surface area (Å²) in [4.78, 5) is 18.7. The van der Waals surface area contributed by atoms with Crippen molar-refractivity contribution < 1.29 is 14.1 Å². The molecule has 0 saturated heterocycles. The van der Waals surface area contributed by atoms with E-state index in [0.29, 0.717) is 23.0 Å². The van der Waals surface area contributed by atoms with Crippen LogP contribution in [-0.4, -0.2) is 39.7 Å². The Balaban J connectivity index is 1.33. The first-order valence-corrected chi connectivity index (χ1v) is 9.92. The van der Waals surface area contributed by atoms with Gasteiger partial charge in [-0.1, -0.05) is 29.8 Å². The van der Waals surface area contributed by atoms with E-state index in [1.807, 2.05) is 30.3 Å². The number of para-hydroxylation sites is 1. The monoisotopic (exact) mass is 406 g/mol. The molecule has 0 saturated carbocycles. The lowest BCUT2D eigenvalue weighted by molar-refractivity contribution is -0.442. The number of halogens is 1. The molecule has 1 aromatic heterocycles. The zero-order valence-electron chi connectivity index (χ0n) is 15.9. The van der Waals surface area contributed by atoms with Gasteiger partial charge in [-0.3, -0.25) is 14.7 Å². The topological polar surface area (TPSA) is 45.4 Å². The van der Waals surface area contributed by atoms with Crippen molar-refractivity contribution in [1.29, 1.82) is 0 Å². The van der Waals surface area contributed by atoms with E-state index in [1.165, 1.54) is 6.26 Å². The first-order chi connectivity index (χ1) is 14.2. The maximum Gasteiger partial charge on any atom is 0.262 e. The molecule has 0 N–H and O–H groups in total. The van der Waals surface area contributed by atoms with E-state index in [1.54, 1.807) is 23.2 Å². The van der Waals surface area contributed by atoms with E-state index in [0.717, 1.165) is 30.7 Å². The summed E-state index contributed by atoms with van der Waals surface area (Å²) < 4.78 is 7.65. The molecule has 6 heteroatoms. The zero-order valence-corrected chi connectivity index (χ0v) is 16.6. The van der Waals surface area contributed by atoms with E-state index < -0.39 is 0 Å². The maximum atomic E-state index is 12.8. The number of rotatable bonds is 5. The van der Waals surface area contributed by atoms with Gasteiger partial charge in [0.05, 0.1) is 11.3 Å². The predicted octanol–water partition coefficient (Wildman–Crippen LogP) is 4.43. The number of pyridine rings is 1. The molecule has 2 aliphatic heterocycles. The van der Waals surface area contributed by atoms with Crippen LogP contribution >= 0.6 is 11.6 Å². The van der Waals surface area contributed by atoms with Gasteiger partial charge in [-0.05, 0) is 36.8 Å². The number of carbonyl (C=O) groups excluding carboxylic acids is 1. The maximum absolute atomic E-state index is 12.8. The van der Waals surface area contributed by atoms with Crippen molar-refractivity contribution in [2.75, 3.05) is 13.1 Å². The molecule has 146 valence electrons. The van der Waals surface area contributed by atoms with Crippen molar-refractivity contribution in [2.45, 2.75) is 12.8 Å². The van der Waals surface area contributed by atoms with E-state index in [-0.39, 0.29) is 5.91 Å². The Kier molecular flexibility index (Phi) is 5.86. The second-order valence-corrected chi connectivity index (χ2v) is 7.11. The van der Waals surface area contributed by atoms with Gasteiger partial charge >= 0.3 is 0 Å². The summed E-state index contributed by atoms with van der Waals surface area (Å²) in [5.41, 5.74) is 2.63. The SMILES string of the molecule is O=C1c2ccccc2OC=C(Cl)N1CCCC=[N+]1C=CC(c2ccccn2)=CC1. The minimum atomic E-state index is -0.139. The lowest BCUT2D eigenvalue weighted by Gasteiger charge is -2.19. The quantitative estimate of drug-likeness (QED) is 0.419. The standard InChI is InChI=1S/C23H21ClN3O2/c24-22-17-29-21-9-2-1-7-19(21)23(28)27(22)14-6-5-13-26-15-10-18(11-16-26)20-8-3-4-12-25-20/h1-4,7-13,15,17H,5-6,14,16H2/q+1. The lowest BCUT2D eigenvalue weighted by atomic mass is 10.1. The summed E-state index contributed by atoms with van der Waals surface area (Å²) in [6.07, 6.45) is 13.2. The second kappa shape index (κ2) is 8.88. The molecule has 0 bridgehead atoms. The number of carbonyl (C=O) groups is 1. The minimum absolute atomic E-state index is 0.139. The molecule has 0 radical (unpaired) electrons. The molecule has 2 aromatic rings. The highest BCUT2D eigenvalue weighted by Gasteiger charge is 2.24. The van der Waals surface area contributed by atoms with Crippen molar-refractivity contribution in [2.24, 2.45) is 0 Å². The average molecular weight is 407 g/mol. The van der Waals surface area contributed by atoms with Crippen LogP contribution in [-0.2, 0) is 0 Å². The summed E-state index contributed by atoms with van der Waals surface area (Å²) in [6.45, 7) is 1.32. The average Bonchev–Trinajstić information content (AvgIpc) is 2.89. The molecular formula is C23H21ClN3O2+. The normalized spacial score (nSPS) is 17.3. The van der Waals surface area contributed by atoms with Gasteiger partial charge in [0.15, 0.2) is 12.7 Å². The minimum Gasteiger partial charge on any atom is -0.461 e. The van der Waals surface area contributed by atoms with Crippen molar-refractivity contribution >= 4 is 29.3 Å². The third-order valence-electron chi connectivity index (χ3n) is 4.78. The van der Waals surface area contributed by atoms with E-state index in [9.17, 15) is 4.79 Å². The van der Waals surface area contributed by atoms with Gasteiger partial charge in [-0.2, -0.15) is 0 Å². The number of benzene rings is 1. The number of allylic oxidation sites excluding steroid dienone is 2. The summed E-state index contributed by atoms with van der Waals surface area (Å²) in [7, 11) is 0. The number of aromatic nitrogens is 1. The Labute approximate surface area is 174 Å². The Morgan fingerprint density at radius 2 is 2.07 bits per heavy atom. The van der Waals surface area contributed by atoms with Gasteiger partial charge in [0.2, 0.25) is 0 Å². The van der Waals surface area contributed by atoms with Crippen LogP contribution in [0, 0.1) is 0 Å². The van der Waals surface area contributed by atoms with Gasteiger partial charge in [0, 0.05) is 30.8 Å². The van der Waals surface area contributed by atoms with Crippen LogP contribution in [0.25, 0.3) is 5.57 Å². The zero-order chi connectivity index (χ0) is 20.1. The Morgan fingerprint density at radius 3 is 2.86 bits per heavy atom. The van der Waals surface area contributed by atoms with Gasteiger partial charge in [-0.25, -0.2) is 4.58 Å². The lowest BCUT2D eigenvalue weighted by Crippen LogP contribution is -2.29. The first kappa shape index (κ1) is 19.2. The van der Waals surface area contributed by atoms with Gasteiger partial charge in [-0.15, -0.1) is 0 Å². The molecule has 1 amide bonds. The molecular weight excluding hydrogens is 386 g/mol. The highest BCUT2D eigenvalue weighted by Crippen LogP contribution is 2.27. The third kappa shape index (κ3) is 4.46. The molecule has 5 nitrogen and oxygen atoms in total. The fourth-order valence-electron chi connectivity index (χ4n) is 3.25. The van der Waals surface area contributed by atoms with Crippen molar-refractivity contribution in [3.8, 4) is 5.75 Å². The summed E-state index contributed by atoms with van der Waals surface area (Å²) in [5, 5.41) is 0.298. The molecule has 0 spiro atoms. The van der Waals surface area contributed by atoms with Crippen LogP contribution in [0.2, 0.25) is 0 Å². The number of amides is 1. The number of ether oxygens (including phenoxy) is 1. The molecule has 0 aliphatic carbocycles. The second-order valence-electron chi connectivity index (χ2n) is 6.72. The van der Waals surface area contributed by atoms with Crippen molar-refractivity contribution in [3.63, 3.8) is 0 Å². The summed E-state index contributed by atoms with van der Waals surface area (Å²) in [5.74, 6) is 0.388. The Hall–Kier alpha value is -3.18. The largest absolute Gasteiger partial charge is 0.461 e. The smallest absolute Gasteiger partial charge is 0.262 e.